The fourth-order valence-electron chi connectivity index (χ4n) is 4.78. The van der Waals surface area contributed by atoms with Crippen molar-refractivity contribution in [1.29, 1.82) is 0 Å². The van der Waals surface area contributed by atoms with E-state index in [9.17, 15) is 18.3 Å². The standard InChI is InChI=1S/C23H26N5O6S3/c1-11-15(22-20-18(3-4-34-22)36-12(2)27-20)7-19(35-11)21(30)16-9-24-10-25-23(16)28-14-5-13(17(29)6-14)8-26-37(31,32)33/h7-10,13-14,17,22,26,29H,3-6H2,1-2H3,(H,24,25,28)(H,31,32,33)/t13-,14-,17+,22-/m1/s1. The number of hydrogen-bond donors (Lipinski definition) is 4. The molecular weight excluding hydrogens is 538 g/mol. The van der Waals surface area contributed by atoms with Gasteiger partial charge in [-0.25, -0.2) is 15.0 Å². The van der Waals surface area contributed by atoms with E-state index in [2.05, 4.69) is 20.3 Å². The summed E-state index contributed by atoms with van der Waals surface area (Å²) in [5.41, 5.74) is 2.14. The van der Waals surface area contributed by atoms with E-state index in [4.69, 9.17) is 9.29 Å². The van der Waals surface area contributed by atoms with Gasteiger partial charge in [0.05, 0.1) is 33.9 Å². The molecule has 4 atom stereocenters. The second kappa shape index (κ2) is 10.4. The Hall–Kier alpha value is -2.33. The molecule has 0 bridgehead atoms. The van der Waals surface area contributed by atoms with Crippen molar-refractivity contribution >= 4 is 44.6 Å². The number of aryl methyl sites for hydroxylation is 2. The summed E-state index contributed by atoms with van der Waals surface area (Å²) in [6.07, 6.45) is 3.18. The number of hydrogen-bond acceptors (Lipinski definition) is 11. The third kappa shape index (κ3) is 5.74. The molecule has 4 heterocycles. The summed E-state index contributed by atoms with van der Waals surface area (Å²) in [4.78, 5) is 29.3. The molecular formula is C23H26N5O6S3. The van der Waals surface area contributed by atoms with Crippen molar-refractivity contribution in [3.05, 3.63) is 61.6 Å². The maximum atomic E-state index is 13.6. The van der Waals surface area contributed by atoms with Crippen molar-refractivity contribution in [2.45, 2.75) is 51.4 Å². The van der Waals surface area contributed by atoms with E-state index >= 15 is 0 Å². The number of thiophene rings is 1. The van der Waals surface area contributed by atoms with Crippen molar-refractivity contribution in [1.82, 2.24) is 19.7 Å². The minimum absolute atomic E-state index is 0.234. The van der Waals surface area contributed by atoms with Crippen LogP contribution in [-0.2, 0) is 21.5 Å². The molecule has 1 radical (unpaired) electrons. The van der Waals surface area contributed by atoms with E-state index in [0.29, 0.717) is 35.7 Å². The van der Waals surface area contributed by atoms with Crippen LogP contribution in [0.4, 0.5) is 5.82 Å². The van der Waals surface area contributed by atoms with Gasteiger partial charge in [-0.1, -0.05) is 0 Å². The van der Waals surface area contributed by atoms with Crippen LogP contribution in [0.15, 0.2) is 18.6 Å². The van der Waals surface area contributed by atoms with Gasteiger partial charge in [-0.3, -0.25) is 9.35 Å². The Morgan fingerprint density at radius 1 is 1.27 bits per heavy atom. The molecule has 1 aliphatic heterocycles. The lowest BCUT2D eigenvalue weighted by Gasteiger charge is -2.22. The van der Waals surface area contributed by atoms with Crippen LogP contribution in [-0.4, -0.2) is 57.6 Å². The number of aliphatic hydroxyl groups excluding tert-OH is 1. The Kier molecular flexibility index (Phi) is 7.42. The molecule has 197 valence electrons. The highest BCUT2D eigenvalue weighted by Gasteiger charge is 2.35. The van der Waals surface area contributed by atoms with Gasteiger partial charge in [0.1, 0.15) is 18.2 Å². The molecule has 14 heteroatoms. The third-order valence-corrected chi connectivity index (χ3v) is 9.01. The number of thiazole rings is 1. The fourth-order valence-corrected chi connectivity index (χ4v) is 7.07. The number of nitrogens with one attached hydrogen (secondary N) is 2. The highest BCUT2D eigenvalue weighted by molar-refractivity contribution is 7.83. The predicted octanol–water partition coefficient (Wildman–Crippen LogP) is 2.61. The van der Waals surface area contributed by atoms with Crippen molar-refractivity contribution in [3.63, 3.8) is 0 Å². The summed E-state index contributed by atoms with van der Waals surface area (Å²) in [5, 5.41) is 14.5. The van der Waals surface area contributed by atoms with Crippen molar-refractivity contribution < 1.29 is 27.6 Å². The quantitative estimate of drug-likeness (QED) is 0.236. The summed E-state index contributed by atoms with van der Waals surface area (Å²) < 4.78 is 38.8. The number of aromatic nitrogens is 3. The van der Waals surface area contributed by atoms with Crippen LogP contribution in [0.3, 0.4) is 0 Å². The number of ether oxygens (including phenoxy) is 1. The van der Waals surface area contributed by atoms with E-state index in [1.807, 2.05) is 24.6 Å². The van der Waals surface area contributed by atoms with Gasteiger partial charge in [-0.05, 0) is 32.8 Å². The first kappa shape index (κ1) is 26.3. The molecule has 0 saturated heterocycles. The Labute approximate surface area is 222 Å². The Morgan fingerprint density at radius 2 is 2.08 bits per heavy atom. The largest absolute Gasteiger partial charge is 0.393 e. The van der Waals surface area contributed by atoms with Gasteiger partial charge in [0.25, 0.3) is 0 Å². The smallest absolute Gasteiger partial charge is 0.333 e. The van der Waals surface area contributed by atoms with E-state index in [-0.39, 0.29) is 17.9 Å². The van der Waals surface area contributed by atoms with Crippen LogP contribution >= 0.6 is 22.7 Å². The first-order valence-corrected chi connectivity index (χ1v) is 14.7. The SMILES string of the molecule is Cc1nc2c(s1)CCO[C@@H]2c1cc(C(=O)c2cncnc2N[C@H]2C[C@H](O)[C@@H]([CH]NS(=O)(=O)O)C2)sc1C. The highest BCUT2D eigenvalue weighted by atomic mass is 32.2. The first-order valence-electron chi connectivity index (χ1n) is 11.6. The molecule has 3 aromatic rings. The van der Waals surface area contributed by atoms with Gasteiger partial charge in [0, 0.05) is 46.4 Å². The maximum Gasteiger partial charge on any atom is 0.333 e. The number of anilines is 1. The minimum Gasteiger partial charge on any atom is -0.393 e. The summed E-state index contributed by atoms with van der Waals surface area (Å²) >= 11 is 3.06. The molecule has 0 amide bonds. The normalized spacial score (nSPS) is 23.7. The van der Waals surface area contributed by atoms with Crippen LogP contribution < -0.4 is 10.0 Å². The molecule has 2 aliphatic rings. The third-order valence-electron chi connectivity index (χ3n) is 6.46. The molecule has 1 aliphatic carbocycles. The van der Waals surface area contributed by atoms with Crippen molar-refractivity contribution in [2.75, 3.05) is 11.9 Å². The molecule has 1 saturated carbocycles. The fraction of sp³-hybridized carbons (Fsp3) is 0.435. The zero-order valence-corrected chi connectivity index (χ0v) is 22.5. The van der Waals surface area contributed by atoms with Gasteiger partial charge < -0.3 is 15.2 Å². The Balaban J connectivity index is 1.34. The number of carbonyl (C=O) groups is 1. The first-order chi connectivity index (χ1) is 17.6. The second-order valence-corrected chi connectivity index (χ2v) is 12.8. The summed E-state index contributed by atoms with van der Waals surface area (Å²) in [6.45, 7) is 5.70. The molecule has 3 aromatic heterocycles. The topological polar surface area (TPSA) is 164 Å². The number of fused-ring (bicyclic) bond motifs is 1. The molecule has 37 heavy (non-hydrogen) atoms. The average molecular weight is 565 g/mol. The van der Waals surface area contributed by atoms with Gasteiger partial charge in [0.15, 0.2) is 0 Å². The Bertz CT molecular complexity index is 1420. The molecule has 1 fully saturated rings. The predicted molar refractivity (Wildman–Crippen MR) is 138 cm³/mol. The number of ketones is 1. The van der Waals surface area contributed by atoms with E-state index in [1.54, 1.807) is 11.3 Å². The Morgan fingerprint density at radius 3 is 2.86 bits per heavy atom. The van der Waals surface area contributed by atoms with Crippen LogP contribution in [0.5, 0.6) is 0 Å². The molecule has 0 spiro atoms. The van der Waals surface area contributed by atoms with Gasteiger partial charge in [-0.15, -0.1) is 22.7 Å². The van der Waals surface area contributed by atoms with Crippen molar-refractivity contribution in [3.8, 4) is 0 Å². The zero-order chi connectivity index (χ0) is 26.3. The van der Waals surface area contributed by atoms with Crippen LogP contribution in [0, 0.1) is 26.3 Å². The molecule has 11 nitrogen and oxygen atoms in total. The summed E-state index contributed by atoms with van der Waals surface area (Å²) in [7, 11) is -4.40. The van der Waals surface area contributed by atoms with Gasteiger partial charge >= 0.3 is 10.3 Å². The monoisotopic (exact) mass is 564 g/mol. The second-order valence-electron chi connectivity index (χ2n) is 9.08. The van der Waals surface area contributed by atoms with E-state index in [1.165, 1.54) is 28.7 Å². The summed E-state index contributed by atoms with van der Waals surface area (Å²) in [5.74, 6) is -0.417. The highest BCUT2D eigenvalue weighted by Crippen LogP contribution is 2.40. The van der Waals surface area contributed by atoms with Crippen LogP contribution in [0.25, 0.3) is 0 Å². The minimum atomic E-state index is -4.40. The van der Waals surface area contributed by atoms with Crippen molar-refractivity contribution in [2.24, 2.45) is 5.92 Å². The zero-order valence-electron chi connectivity index (χ0n) is 20.0. The number of carbonyl (C=O) groups excluding carboxylic acids is 1. The van der Waals surface area contributed by atoms with Crippen LogP contribution in [0.2, 0.25) is 0 Å². The molecule has 5 rings (SSSR count). The lowest BCUT2D eigenvalue weighted by Crippen LogP contribution is -2.27. The number of nitrogens with zero attached hydrogens (tertiary/aromatic N) is 3. The lowest BCUT2D eigenvalue weighted by atomic mass is 10.0. The number of rotatable bonds is 8. The van der Waals surface area contributed by atoms with Crippen LogP contribution in [0.1, 0.15) is 60.2 Å². The summed E-state index contributed by atoms with van der Waals surface area (Å²) in [6, 6.07) is 1.59. The van der Waals surface area contributed by atoms with E-state index < -0.39 is 22.3 Å². The average Bonchev–Trinajstić information content (AvgIpc) is 3.52. The molecule has 0 aromatic carbocycles. The van der Waals surface area contributed by atoms with E-state index in [0.717, 1.165) is 34.1 Å². The molecule has 4 N–H and O–H groups in total. The van der Waals surface area contributed by atoms with Gasteiger partial charge in [-0.2, -0.15) is 13.1 Å². The maximum absolute atomic E-state index is 13.6. The van der Waals surface area contributed by atoms with Gasteiger partial charge in [0.2, 0.25) is 5.78 Å². The molecule has 0 unspecified atom stereocenters. The number of aliphatic hydroxyl groups is 1. The lowest BCUT2D eigenvalue weighted by molar-refractivity contribution is 0.0679.